The number of rotatable bonds is 7. The second kappa shape index (κ2) is 8.78. The van der Waals surface area contributed by atoms with Crippen molar-refractivity contribution in [1.29, 1.82) is 0 Å². The van der Waals surface area contributed by atoms with E-state index in [1.165, 1.54) is 12.1 Å². The van der Waals surface area contributed by atoms with Gasteiger partial charge in [0, 0.05) is 17.7 Å². The van der Waals surface area contributed by atoms with Crippen LogP contribution < -0.4 is 9.62 Å². The maximum Gasteiger partial charge on any atom is 0.271 e. The predicted octanol–water partition coefficient (Wildman–Crippen LogP) is 3.13. The molecule has 0 spiro atoms. The van der Waals surface area contributed by atoms with Crippen LogP contribution >= 0.6 is 11.3 Å². The molecule has 162 valence electrons. The molecule has 0 aliphatic heterocycles. The molecule has 0 saturated carbocycles. The Labute approximate surface area is 182 Å². The number of carbonyl (C=O) groups excluding carboxylic acids is 1. The van der Waals surface area contributed by atoms with Gasteiger partial charge in [-0.2, -0.15) is 0 Å². The first-order valence-electron chi connectivity index (χ1n) is 8.98. The highest BCUT2D eigenvalue weighted by atomic mass is 32.2. The van der Waals surface area contributed by atoms with Crippen molar-refractivity contribution in [2.45, 2.75) is 13.8 Å². The van der Waals surface area contributed by atoms with Gasteiger partial charge in [-0.15, -0.1) is 10.2 Å². The number of aromatic nitrogens is 2. The minimum atomic E-state index is -3.89. The largest absolute Gasteiger partial charge is 0.299 e. The Kier molecular flexibility index (Phi) is 6.32. The number of hydrogen-bond donors (Lipinski definition) is 1. The van der Waals surface area contributed by atoms with Crippen LogP contribution in [-0.2, 0) is 14.8 Å². The van der Waals surface area contributed by atoms with Crippen LogP contribution in [0.3, 0.4) is 0 Å². The summed E-state index contributed by atoms with van der Waals surface area (Å²) < 4.78 is 25.5. The summed E-state index contributed by atoms with van der Waals surface area (Å²) in [6, 6.07) is 11.5. The van der Waals surface area contributed by atoms with E-state index < -0.39 is 27.4 Å². The maximum atomic E-state index is 12.6. The second-order valence-corrected chi connectivity index (χ2v) is 9.71. The van der Waals surface area contributed by atoms with Gasteiger partial charge >= 0.3 is 0 Å². The summed E-state index contributed by atoms with van der Waals surface area (Å²) in [5, 5.41) is 22.4. The molecule has 2 aromatic carbocycles. The first kappa shape index (κ1) is 22.3. The van der Waals surface area contributed by atoms with Crippen molar-refractivity contribution in [3.05, 3.63) is 63.7 Å². The molecular weight excluding hydrogens is 442 g/mol. The molecule has 3 aromatic rings. The lowest BCUT2D eigenvalue weighted by atomic mass is 10.2. The van der Waals surface area contributed by atoms with Crippen LogP contribution in [0.2, 0.25) is 0 Å². The van der Waals surface area contributed by atoms with E-state index in [1.54, 1.807) is 6.92 Å². The molecule has 12 heteroatoms. The molecule has 0 bridgehead atoms. The Morgan fingerprint density at radius 1 is 1.16 bits per heavy atom. The SMILES string of the molecule is Cc1ccc(-c2nnc(NC(=O)CN(c3cc([N+](=O)[O-])ccc3C)S(C)(=O)=O)s2)cc1. The summed E-state index contributed by atoms with van der Waals surface area (Å²) in [5.74, 6) is -0.650. The van der Waals surface area contributed by atoms with E-state index in [4.69, 9.17) is 0 Å². The molecule has 10 nitrogen and oxygen atoms in total. The fourth-order valence-corrected chi connectivity index (χ4v) is 4.41. The third kappa shape index (κ3) is 5.41. The molecule has 0 unspecified atom stereocenters. The Balaban J connectivity index is 1.81. The van der Waals surface area contributed by atoms with Crippen molar-refractivity contribution in [2.24, 2.45) is 0 Å². The molecule has 1 aromatic heterocycles. The van der Waals surface area contributed by atoms with E-state index in [9.17, 15) is 23.3 Å². The third-order valence-corrected chi connectivity index (χ3v) is 6.34. The maximum absolute atomic E-state index is 12.6. The highest BCUT2D eigenvalue weighted by molar-refractivity contribution is 7.92. The van der Waals surface area contributed by atoms with Gasteiger partial charge in [-0.05, 0) is 19.4 Å². The lowest BCUT2D eigenvalue weighted by molar-refractivity contribution is -0.384. The molecule has 1 N–H and O–H groups in total. The standard InChI is InChI=1S/C19H19N5O5S2/c1-12-4-7-14(8-5-12)18-21-22-19(30-18)20-17(25)11-23(31(3,28)29)16-10-15(24(26)27)9-6-13(16)2/h4-10H,11H2,1-3H3,(H,20,22,25). The van der Waals surface area contributed by atoms with Crippen molar-refractivity contribution in [3.8, 4) is 10.6 Å². The van der Waals surface area contributed by atoms with Crippen LogP contribution in [0, 0.1) is 24.0 Å². The molecule has 0 saturated heterocycles. The van der Waals surface area contributed by atoms with Gasteiger partial charge in [0.25, 0.3) is 5.69 Å². The highest BCUT2D eigenvalue weighted by Crippen LogP contribution is 2.29. The second-order valence-electron chi connectivity index (χ2n) is 6.82. The number of sulfonamides is 1. The summed E-state index contributed by atoms with van der Waals surface area (Å²) in [6.07, 6.45) is 0.930. The van der Waals surface area contributed by atoms with Gasteiger partial charge in [-0.1, -0.05) is 47.2 Å². The molecule has 1 heterocycles. The number of amides is 1. The van der Waals surface area contributed by atoms with E-state index in [1.807, 2.05) is 31.2 Å². The zero-order valence-corrected chi connectivity index (χ0v) is 18.5. The molecule has 0 radical (unpaired) electrons. The number of hydrogen-bond acceptors (Lipinski definition) is 8. The lowest BCUT2D eigenvalue weighted by Crippen LogP contribution is -2.37. The van der Waals surface area contributed by atoms with Crippen molar-refractivity contribution in [3.63, 3.8) is 0 Å². The molecule has 0 fully saturated rings. The summed E-state index contributed by atoms with van der Waals surface area (Å²) in [7, 11) is -3.89. The van der Waals surface area contributed by atoms with Gasteiger partial charge in [0.1, 0.15) is 11.6 Å². The number of benzene rings is 2. The van der Waals surface area contributed by atoms with Gasteiger partial charge in [-0.25, -0.2) is 8.42 Å². The minimum absolute atomic E-state index is 0.0597. The fourth-order valence-electron chi connectivity index (χ4n) is 2.74. The Morgan fingerprint density at radius 2 is 1.84 bits per heavy atom. The minimum Gasteiger partial charge on any atom is -0.299 e. The molecule has 31 heavy (non-hydrogen) atoms. The Bertz CT molecular complexity index is 1240. The highest BCUT2D eigenvalue weighted by Gasteiger charge is 2.25. The fraction of sp³-hybridized carbons (Fsp3) is 0.211. The van der Waals surface area contributed by atoms with Crippen LogP contribution in [0.1, 0.15) is 11.1 Å². The van der Waals surface area contributed by atoms with E-state index in [0.29, 0.717) is 10.6 Å². The van der Waals surface area contributed by atoms with E-state index in [-0.39, 0.29) is 16.5 Å². The van der Waals surface area contributed by atoms with Gasteiger partial charge in [0.15, 0.2) is 0 Å². The Morgan fingerprint density at radius 3 is 2.45 bits per heavy atom. The number of nitrogens with one attached hydrogen (secondary N) is 1. The quantitative estimate of drug-likeness (QED) is 0.422. The van der Waals surface area contributed by atoms with Crippen LogP contribution in [0.5, 0.6) is 0 Å². The summed E-state index contributed by atoms with van der Waals surface area (Å²) >= 11 is 1.15. The predicted molar refractivity (Wildman–Crippen MR) is 119 cm³/mol. The number of nitro benzene ring substituents is 1. The van der Waals surface area contributed by atoms with Gasteiger partial charge < -0.3 is 0 Å². The van der Waals surface area contributed by atoms with E-state index >= 15 is 0 Å². The number of non-ortho nitro benzene ring substituents is 1. The number of aryl methyl sites for hydroxylation is 2. The third-order valence-electron chi connectivity index (χ3n) is 4.33. The van der Waals surface area contributed by atoms with Crippen LogP contribution in [0.4, 0.5) is 16.5 Å². The van der Waals surface area contributed by atoms with Gasteiger partial charge in [-0.3, -0.25) is 24.5 Å². The average molecular weight is 462 g/mol. The zero-order chi connectivity index (χ0) is 22.8. The van der Waals surface area contributed by atoms with Gasteiger partial charge in [0.05, 0.1) is 16.9 Å². The van der Waals surface area contributed by atoms with Crippen LogP contribution in [0.15, 0.2) is 42.5 Å². The smallest absolute Gasteiger partial charge is 0.271 e. The van der Waals surface area contributed by atoms with Crippen molar-refractivity contribution >= 4 is 43.8 Å². The zero-order valence-electron chi connectivity index (χ0n) is 16.9. The molecular formula is C19H19N5O5S2. The number of nitrogens with zero attached hydrogens (tertiary/aromatic N) is 4. The van der Waals surface area contributed by atoms with E-state index in [2.05, 4.69) is 15.5 Å². The molecule has 0 aliphatic rings. The van der Waals surface area contributed by atoms with Gasteiger partial charge in [0.2, 0.25) is 21.1 Å². The number of anilines is 2. The Hall–Kier alpha value is -3.38. The topological polar surface area (TPSA) is 135 Å². The summed E-state index contributed by atoms with van der Waals surface area (Å²) in [4.78, 5) is 23.0. The first-order valence-corrected chi connectivity index (χ1v) is 11.6. The molecule has 1 amide bonds. The van der Waals surface area contributed by atoms with Crippen LogP contribution in [0.25, 0.3) is 10.6 Å². The monoisotopic (exact) mass is 461 g/mol. The van der Waals surface area contributed by atoms with Crippen LogP contribution in [-0.4, -0.2) is 42.2 Å². The molecule has 3 rings (SSSR count). The average Bonchev–Trinajstić information content (AvgIpc) is 3.14. The van der Waals surface area contributed by atoms with Crippen molar-refractivity contribution in [2.75, 3.05) is 22.4 Å². The van der Waals surface area contributed by atoms with Crippen molar-refractivity contribution < 1.29 is 18.1 Å². The summed E-state index contributed by atoms with van der Waals surface area (Å²) in [6.45, 7) is 3.00. The normalized spacial score (nSPS) is 11.2. The van der Waals surface area contributed by atoms with Crippen molar-refractivity contribution in [1.82, 2.24) is 10.2 Å². The molecule has 0 aliphatic carbocycles. The summed E-state index contributed by atoms with van der Waals surface area (Å²) in [5.41, 5.74) is 2.19. The number of carbonyl (C=O) groups is 1. The number of nitro groups is 1. The molecule has 0 atom stereocenters. The van der Waals surface area contributed by atoms with E-state index in [0.717, 1.165) is 39.1 Å². The first-order chi connectivity index (χ1) is 14.5. The lowest BCUT2D eigenvalue weighted by Gasteiger charge is -2.23.